The third-order valence-electron chi connectivity index (χ3n) is 3.91. The third kappa shape index (κ3) is 2.41. The van der Waals surface area contributed by atoms with E-state index in [2.05, 4.69) is 12.1 Å². The minimum atomic E-state index is -0.825. The van der Waals surface area contributed by atoms with Gasteiger partial charge in [-0.1, -0.05) is 30.3 Å². The summed E-state index contributed by atoms with van der Waals surface area (Å²) in [6.45, 7) is 0. The summed E-state index contributed by atoms with van der Waals surface area (Å²) >= 11 is 4.72. The maximum atomic E-state index is 11.5. The van der Waals surface area contributed by atoms with Crippen LogP contribution >= 0.6 is 34.4 Å². The zero-order chi connectivity index (χ0) is 16.0. The molecular weight excluding hydrogens is 346 g/mol. The van der Waals surface area contributed by atoms with Gasteiger partial charge in [-0.2, -0.15) is 0 Å². The molecule has 0 spiro atoms. The van der Waals surface area contributed by atoms with E-state index in [0.29, 0.717) is 4.88 Å². The van der Waals surface area contributed by atoms with Crippen molar-refractivity contribution in [3.05, 3.63) is 45.6 Å². The number of carbonyl (C=O) groups is 1. The van der Waals surface area contributed by atoms with Crippen molar-refractivity contribution in [1.82, 2.24) is 4.98 Å². The van der Waals surface area contributed by atoms with E-state index in [9.17, 15) is 9.90 Å². The Morgan fingerprint density at radius 3 is 2.70 bits per heavy atom. The van der Waals surface area contributed by atoms with Crippen LogP contribution in [0.15, 0.2) is 34.5 Å². The molecule has 6 heteroatoms. The fourth-order valence-electron chi connectivity index (χ4n) is 2.90. The summed E-state index contributed by atoms with van der Waals surface area (Å²) in [5.74, 6) is -0.825. The Balaban J connectivity index is 1.90. The molecule has 1 aliphatic rings. The molecule has 0 aliphatic heterocycles. The zero-order valence-corrected chi connectivity index (χ0v) is 14.8. The van der Waals surface area contributed by atoms with Crippen molar-refractivity contribution < 1.29 is 9.90 Å². The highest BCUT2D eigenvalue weighted by Crippen LogP contribution is 2.48. The molecule has 0 saturated heterocycles. The number of carboxylic acids is 1. The first kappa shape index (κ1) is 14.9. The maximum Gasteiger partial charge on any atom is 0.346 e. The largest absolute Gasteiger partial charge is 0.477 e. The first-order valence-corrected chi connectivity index (χ1v) is 10.0. The van der Waals surface area contributed by atoms with Crippen molar-refractivity contribution >= 4 is 40.4 Å². The second kappa shape index (κ2) is 5.78. The monoisotopic (exact) mass is 359 g/mol. The molecule has 0 amide bonds. The first-order valence-electron chi connectivity index (χ1n) is 7.17. The van der Waals surface area contributed by atoms with E-state index in [1.54, 1.807) is 23.1 Å². The highest BCUT2D eigenvalue weighted by molar-refractivity contribution is 8.00. The van der Waals surface area contributed by atoms with E-state index < -0.39 is 5.97 Å². The second-order valence-electron chi connectivity index (χ2n) is 5.24. The van der Waals surface area contributed by atoms with Gasteiger partial charge in [0.2, 0.25) is 0 Å². The lowest BCUT2D eigenvalue weighted by atomic mass is 9.95. The van der Waals surface area contributed by atoms with Crippen molar-refractivity contribution in [2.24, 2.45) is 0 Å². The topological polar surface area (TPSA) is 50.2 Å². The molecule has 23 heavy (non-hydrogen) atoms. The summed E-state index contributed by atoms with van der Waals surface area (Å²) in [6, 6.07) is 10.2. The fourth-order valence-corrected chi connectivity index (χ4v) is 5.90. The Bertz CT molecular complexity index is 896. The Hall–Kier alpha value is -1.63. The number of aryl methyl sites for hydroxylation is 1. The summed E-state index contributed by atoms with van der Waals surface area (Å²) in [5, 5.41) is 10.5. The Labute approximate surface area is 146 Å². The number of aromatic carboxylic acids is 1. The molecule has 0 fully saturated rings. The lowest BCUT2D eigenvalue weighted by Crippen LogP contribution is -2.05. The molecule has 2 aromatic heterocycles. The van der Waals surface area contributed by atoms with Gasteiger partial charge in [-0.05, 0) is 24.7 Å². The van der Waals surface area contributed by atoms with Crippen molar-refractivity contribution in [3.63, 3.8) is 0 Å². The fraction of sp³-hybridized carbons (Fsp3) is 0.176. The van der Waals surface area contributed by atoms with Crippen LogP contribution in [0.25, 0.3) is 21.8 Å². The smallest absolute Gasteiger partial charge is 0.346 e. The molecule has 2 heterocycles. The van der Waals surface area contributed by atoms with Crippen molar-refractivity contribution in [3.8, 4) is 21.8 Å². The van der Waals surface area contributed by atoms with E-state index in [4.69, 9.17) is 4.98 Å². The number of thiophene rings is 1. The number of hydrogen-bond donors (Lipinski definition) is 1. The van der Waals surface area contributed by atoms with Crippen LogP contribution in [0.4, 0.5) is 0 Å². The van der Waals surface area contributed by atoms with Crippen LogP contribution in [0, 0.1) is 0 Å². The number of thioether (sulfide) groups is 1. The number of carboxylic acid groups (broad SMARTS) is 1. The van der Waals surface area contributed by atoms with Gasteiger partial charge < -0.3 is 5.11 Å². The van der Waals surface area contributed by atoms with Crippen molar-refractivity contribution in [1.29, 1.82) is 0 Å². The molecular formula is C17H13NO2S3. The van der Waals surface area contributed by atoms with Crippen LogP contribution in [-0.2, 0) is 12.8 Å². The van der Waals surface area contributed by atoms with Gasteiger partial charge in [-0.25, -0.2) is 9.78 Å². The summed E-state index contributed by atoms with van der Waals surface area (Å²) in [4.78, 5) is 18.1. The van der Waals surface area contributed by atoms with Gasteiger partial charge in [0.15, 0.2) is 0 Å². The summed E-state index contributed by atoms with van der Waals surface area (Å²) < 4.78 is 1.06. The van der Waals surface area contributed by atoms with E-state index in [1.807, 2.05) is 24.5 Å². The molecule has 0 unspecified atom stereocenters. The molecule has 0 atom stereocenters. The number of hydrogen-bond acceptors (Lipinski definition) is 5. The van der Waals surface area contributed by atoms with Gasteiger partial charge in [0, 0.05) is 16.0 Å². The molecule has 116 valence electrons. The Morgan fingerprint density at radius 1 is 1.22 bits per heavy atom. The maximum absolute atomic E-state index is 11.5. The van der Waals surface area contributed by atoms with E-state index in [0.717, 1.165) is 44.4 Å². The molecule has 4 rings (SSSR count). The van der Waals surface area contributed by atoms with Crippen LogP contribution < -0.4 is 0 Å². The number of fused-ring (bicyclic) bond motifs is 3. The molecule has 3 nitrogen and oxygen atoms in total. The van der Waals surface area contributed by atoms with Crippen LogP contribution in [0.1, 0.15) is 20.1 Å². The van der Waals surface area contributed by atoms with Crippen molar-refractivity contribution in [2.75, 3.05) is 6.26 Å². The highest BCUT2D eigenvalue weighted by atomic mass is 32.2. The average Bonchev–Trinajstić information content (AvgIpc) is 3.16. The predicted octanol–water partition coefficient (Wildman–Crippen LogP) is 5.06. The lowest BCUT2D eigenvalue weighted by Gasteiger charge is -2.12. The van der Waals surface area contributed by atoms with E-state index >= 15 is 0 Å². The van der Waals surface area contributed by atoms with E-state index in [1.165, 1.54) is 16.2 Å². The minimum absolute atomic E-state index is 0.476. The molecule has 0 bridgehead atoms. The molecule has 1 aliphatic carbocycles. The van der Waals surface area contributed by atoms with Crippen LogP contribution in [0.5, 0.6) is 0 Å². The zero-order valence-electron chi connectivity index (χ0n) is 12.3. The van der Waals surface area contributed by atoms with Gasteiger partial charge >= 0.3 is 5.97 Å². The van der Waals surface area contributed by atoms with Crippen LogP contribution in [-0.4, -0.2) is 22.3 Å². The highest BCUT2D eigenvalue weighted by Gasteiger charge is 2.30. The predicted molar refractivity (Wildman–Crippen MR) is 97.0 cm³/mol. The van der Waals surface area contributed by atoms with E-state index in [-0.39, 0.29) is 0 Å². The third-order valence-corrected chi connectivity index (χ3v) is 7.42. The average molecular weight is 359 g/mol. The van der Waals surface area contributed by atoms with Crippen LogP contribution in [0.2, 0.25) is 0 Å². The van der Waals surface area contributed by atoms with Gasteiger partial charge in [0.05, 0.1) is 9.90 Å². The second-order valence-corrected chi connectivity index (χ2v) is 8.42. The molecule has 0 saturated carbocycles. The number of nitrogens with zero attached hydrogens (tertiary/aromatic N) is 1. The minimum Gasteiger partial charge on any atom is -0.477 e. The number of thiazole rings is 1. The summed E-state index contributed by atoms with van der Waals surface area (Å²) in [6.07, 6.45) is 3.66. The standard InChI is InChI=1S/C17H13NO2S3/c1-21-17-12-10(14(23-17)16(19)20)7-8-11-13(12)18-15(22-11)9-5-3-2-4-6-9/h2-6H,7-8H2,1H3,(H,19,20). The molecule has 0 radical (unpaired) electrons. The quantitative estimate of drug-likeness (QED) is 0.664. The summed E-state index contributed by atoms with van der Waals surface area (Å²) in [5.41, 5.74) is 4.12. The van der Waals surface area contributed by atoms with Gasteiger partial charge in [-0.15, -0.1) is 34.4 Å². The summed E-state index contributed by atoms with van der Waals surface area (Å²) in [7, 11) is 0. The molecule has 1 N–H and O–H groups in total. The molecule has 1 aromatic carbocycles. The lowest BCUT2D eigenvalue weighted by molar-refractivity contribution is 0.0701. The Morgan fingerprint density at radius 2 is 2.00 bits per heavy atom. The normalized spacial score (nSPS) is 12.7. The Kier molecular flexibility index (Phi) is 3.75. The number of rotatable bonds is 3. The van der Waals surface area contributed by atoms with Crippen molar-refractivity contribution in [2.45, 2.75) is 17.1 Å². The van der Waals surface area contributed by atoms with Gasteiger partial charge in [0.1, 0.15) is 9.88 Å². The van der Waals surface area contributed by atoms with Gasteiger partial charge in [0.25, 0.3) is 0 Å². The SMILES string of the molecule is CSc1sc(C(=O)O)c2c1-c1nc(-c3ccccc3)sc1CC2. The number of aromatic nitrogens is 1. The number of benzene rings is 1. The van der Waals surface area contributed by atoms with Crippen LogP contribution in [0.3, 0.4) is 0 Å². The first-order chi connectivity index (χ1) is 11.2. The van der Waals surface area contributed by atoms with Gasteiger partial charge in [-0.3, -0.25) is 0 Å². The molecule has 3 aromatic rings.